The highest BCUT2D eigenvalue weighted by Crippen LogP contribution is 2.25. The molecule has 3 aromatic rings. The zero-order chi connectivity index (χ0) is 25.6. The second-order valence-corrected chi connectivity index (χ2v) is 8.08. The van der Waals surface area contributed by atoms with Crippen molar-refractivity contribution in [2.75, 3.05) is 20.1 Å². The molecule has 186 valence electrons. The Labute approximate surface area is 200 Å². The van der Waals surface area contributed by atoms with Gasteiger partial charge in [-0.05, 0) is 38.1 Å². The van der Waals surface area contributed by atoms with Gasteiger partial charge in [-0.3, -0.25) is 4.79 Å². The number of alkyl halides is 3. The maximum Gasteiger partial charge on any atom is 0.490 e. The number of carboxylic acids is 1. The van der Waals surface area contributed by atoms with Gasteiger partial charge in [0, 0.05) is 48.8 Å². The van der Waals surface area contributed by atoms with Crippen molar-refractivity contribution in [2.24, 2.45) is 0 Å². The number of hydrogen-bond acceptors (Lipinski definition) is 4. The van der Waals surface area contributed by atoms with Gasteiger partial charge >= 0.3 is 12.1 Å². The molecule has 3 N–H and O–H groups in total. The van der Waals surface area contributed by atoms with Gasteiger partial charge in [-0.25, -0.2) is 9.48 Å². The van der Waals surface area contributed by atoms with Crippen LogP contribution in [-0.2, 0) is 4.79 Å². The molecule has 0 bridgehead atoms. The molecule has 2 aromatic heterocycles. The number of carbonyl (C=O) groups excluding carboxylic acids is 1. The third kappa shape index (κ3) is 6.82. The Hall–Kier alpha value is -3.86. The minimum atomic E-state index is -5.08. The summed E-state index contributed by atoms with van der Waals surface area (Å²) in [5.41, 5.74) is 4.66. The molecule has 4 rings (SSSR count). The number of aromatic amines is 1. The Morgan fingerprint density at radius 1 is 1.20 bits per heavy atom. The molecule has 3 heterocycles. The highest BCUT2D eigenvalue weighted by Gasteiger charge is 2.38. The maximum absolute atomic E-state index is 12.9. The fourth-order valence-electron chi connectivity index (χ4n) is 3.52. The van der Waals surface area contributed by atoms with Crippen LogP contribution in [0.15, 0.2) is 66.8 Å². The molecule has 0 aliphatic carbocycles. The van der Waals surface area contributed by atoms with E-state index in [0.717, 1.165) is 36.3 Å². The van der Waals surface area contributed by atoms with Crippen molar-refractivity contribution in [3.05, 3.63) is 72.3 Å². The van der Waals surface area contributed by atoms with E-state index in [2.05, 4.69) is 40.3 Å². The summed E-state index contributed by atoms with van der Waals surface area (Å²) in [5, 5.41) is 14.7. The number of aromatic nitrogens is 3. The Balaban J connectivity index is 0.000000429. The molecule has 0 spiro atoms. The van der Waals surface area contributed by atoms with Crippen LogP contribution in [0, 0.1) is 0 Å². The van der Waals surface area contributed by atoms with Gasteiger partial charge in [0.1, 0.15) is 0 Å². The lowest BCUT2D eigenvalue weighted by Gasteiger charge is -2.26. The molecular weight excluding hydrogens is 463 g/mol. The minimum absolute atomic E-state index is 0.0241. The minimum Gasteiger partial charge on any atom is -0.475 e. The zero-order valence-corrected chi connectivity index (χ0v) is 19.2. The van der Waals surface area contributed by atoms with Crippen LogP contribution in [0.1, 0.15) is 23.7 Å². The van der Waals surface area contributed by atoms with Crippen molar-refractivity contribution in [3.63, 3.8) is 0 Å². The molecule has 1 aliphatic rings. The van der Waals surface area contributed by atoms with E-state index in [-0.39, 0.29) is 11.9 Å². The van der Waals surface area contributed by atoms with Crippen LogP contribution >= 0.6 is 0 Å². The number of halogens is 3. The van der Waals surface area contributed by atoms with Gasteiger partial charge in [-0.2, -0.15) is 18.3 Å². The third-order valence-corrected chi connectivity index (χ3v) is 5.50. The largest absolute Gasteiger partial charge is 0.490 e. The molecule has 35 heavy (non-hydrogen) atoms. The number of para-hydroxylation sites is 1. The van der Waals surface area contributed by atoms with Gasteiger partial charge < -0.3 is 20.3 Å². The van der Waals surface area contributed by atoms with Crippen LogP contribution in [0.2, 0.25) is 0 Å². The van der Waals surface area contributed by atoms with Gasteiger partial charge in [0.05, 0.1) is 17.4 Å². The first kappa shape index (κ1) is 25.8. The van der Waals surface area contributed by atoms with E-state index in [1.807, 2.05) is 47.4 Å². The molecule has 0 radical (unpaired) electrons. The summed E-state index contributed by atoms with van der Waals surface area (Å²) in [4.78, 5) is 27.1. The highest BCUT2D eigenvalue weighted by molar-refractivity contribution is 6.01. The van der Waals surface area contributed by atoms with E-state index in [9.17, 15) is 18.0 Å². The van der Waals surface area contributed by atoms with Crippen molar-refractivity contribution in [2.45, 2.75) is 25.6 Å². The van der Waals surface area contributed by atoms with Gasteiger partial charge in [-0.15, -0.1) is 0 Å². The van der Waals surface area contributed by atoms with Crippen LogP contribution in [0.4, 0.5) is 13.2 Å². The first-order valence-electron chi connectivity index (χ1n) is 10.8. The standard InChI is InChI=1S/C22H25N5O.C2HF3O2/c1-16(17-8-10-26(2)11-9-17)25-22(28)21-14-23-13-20(21)18-12-24-27(15-18)19-6-4-3-5-7-19;3-2(4,5)1(6)7/h3-8,12-16,23H,9-11H2,1-2H3,(H,25,28);(H,6,7). The van der Waals surface area contributed by atoms with Gasteiger partial charge in [0.2, 0.25) is 0 Å². The number of amides is 1. The smallest absolute Gasteiger partial charge is 0.475 e. The molecule has 1 aromatic carbocycles. The number of benzene rings is 1. The summed E-state index contributed by atoms with van der Waals surface area (Å²) in [5.74, 6) is -2.83. The first-order chi connectivity index (χ1) is 16.6. The lowest BCUT2D eigenvalue weighted by atomic mass is 10.0. The summed E-state index contributed by atoms with van der Waals surface area (Å²) < 4.78 is 33.6. The second-order valence-electron chi connectivity index (χ2n) is 8.08. The summed E-state index contributed by atoms with van der Waals surface area (Å²) >= 11 is 0. The van der Waals surface area contributed by atoms with Crippen molar-refractivity contribution < 1.29 is 27.9 Å². The number of nitrogens with one attached hydrogen (secondary N) is 2. The third-order valence-electron chi connectivity index (χ3n) is 5.50. The molecule has 1 amide bonds. The molecular formula is C24H26F3N5O3. The normalized spacial score (nSPS) is 14.9. The van der Waals surface area contributed by atoms with E-state index in [0.29, 0.717) is 5.56 Å². The SMILES string of the molecule is CC(NC(=O)c1c[nH]cc1-c1cnn(-c2ccccc2)c1)C1=CCN(C)CC1.O=C(O)C(F)(F)F. The zero-order valence-electron chi connectivity index (χ0n) is 19.2. The van der Waals surface area contributed by atoms with E-state index < -0.39 is 12.1 Å². The van der Waals surface area contributed by atoms with Gasteiger partial charge in [0.15, 0.2) is 0 Å². The number of carbonyl (C=O) groups is 2. The monoisotopic (exact) mass is 489 g/mol. The number of nitrogens with zero attached hydrogens (tertiary/aromatic N) is 3. The Bertz CT molecular complexity index is 1180. The Morgan fingerprint density at radius 3 is 2.49 bits per heavy atom. The van der Waals surface area contributed by atoms with E-state index >= 15 is 0 Å². The average Bonchev–Trinajstić information content (AvgIpc) is 3.49. The number of aliphatic carboxylic acids is 1. The van der Waals surface area contributed by atoms with Crippen molar-refractivity contribution in [1.29, 1.82) is 0 Å². The van der Waals surface area contributed by atoms with Crippen LogP contribution in [0.3, 0.4) is 0 Å². The number of hydrogen-bond donors (Lipinski definition) is 3. The summed E-state index contributed by atoms with van der Waals surface area (Å²) in [6.45, 7) is 4.01. The number of carboxylic acid groups (broad SMARTS) is 1. The summed E-state index contributed by atoms with van der Waals surface area (Å²) in [7, 11) is 2.11. The van der Waals surface area contributed by atoms with E-state index in [4.69, 9.17) is 9.90 Å². The topological polar surface area (TPSA) is 103 Å². The quantitative estimate of drug-likeness (QED) is 0.472. The van der Waals surface area contributed by atoms with Gasteiger partial charge in [0.25, 0.3) is 5.91 Å². The predicted molar refractivity (Wildman–Crippen MR) is 124 cm³/mol. The van der Waals surface area contributed by atoms with Crippen molar-refractivity contribution in [3.8, 4) is 16.8 Å². The summed E-state index contributed by atoms with van der Waals surface area (Å²) in [6.07, 6.45) is 5.45. The highest BCUT2D eigenvalue weighted by atomic mass is 19.4. The molecule has 0 saturated heterocycles. The van der Waals surface area contributed by atoms with E-state index in [1.54, 1.807) is 12.4 Å². The Morgan fingerprint density at radius 2 is 1.89 bits per heavy atom. The lowest BCUT2D eigenvalue weighted by molar-refractivity contribution is -0.192. The lowest BCUT2D eigenvalue weighted by Crippen LogP contribution is -2.37. The van der Waals surface area contributed by atoms with Crippen LogP contribution in [0.5, 0.6) is 0 Å². The number of rotatable bonds is 5. The summed E-state index contributed by atoms with van der Waals surface area (Å²) in [6, 6.07) is 9.95. The van der Waals surface area contributed by atoms with Crippen molar-refractivity contribution in [1.82, 2.24) is 25.0 Å². The number of likely N-dealkylation sites (N-methyl/N-ethyl adjacent to an activating group) is 1. The fraction of sp³-hybridized carbons (Fsp3) is 0.292. The fourth-order valence-corrected chi connectivity index (χ4v) is 3.52. The van der Waals surface area contributed by atoms with Crippen molar-refractivity contribution >= 4 is 11.9 Å². The van der Waals surface area contributed by atoms with Crippen LogP contribution < -0.4 is 5.32 Å². The predicted octanol–water partition coefficient (Wildman–Crippen LogP) is 3.88. The molecule has 1 unspecified atom stereocenters. The first-order valence-corrected chi connectivity index (χ1v) is 10.8. The molecule has 11 heteroatoms. The molecule has 0 saturated carbocycles. The van der Waals surface area contributed by atoms with Gasteiger partial charge in [-0.1, -0.05) is 24.3 Å². The molecule has 8 nitrogen and oxygen atoms in total. The van der Waals surface area contributed by atoms with Crippen LogP contribution in [-0.4, -0.2) is 69.0 Å². The van der Waals surface area contributed by atoms with E-state index in [1.165, 1.54) is 5.57 Å². The maximum atomic E-state index is 12.9. The molecule has 1 aliphatic heterocycles. The Kier molecular flexibility index (Phi) is 8.13. The van der Waals surface area contributed by atoms with Crippen LogP contribution in [0.25, 0.3) is 16.8 Å². The molecule has 1 atom stereocenters. The second kappa shape index (κ2) is 11.0. The molecule has 0 fully saturated rings. The average molecular weight is 489 g/mol. The number of H-pyrrole nitrogens is 1.